The SMILES string of the molecule is c1ccc(-c2c3c(c4c5c(cccc25)-c2ccccc2-4)C2(c4ccccc4)OOC34c3ccccc3-c3cccc2c34)cc1. The largest absolute Gasteiger partial charge is 0.214 e. The van der Waals surface area contributed by atoms with Crippen LogP contribution in [0, 0.1) is 0 Å². The molecule has 7 aromatic carbocycles. The molecule has 0 amide bonds. The molecule has 0 radical (unpaired) electrons. The fourth-order valence-electron chi connectivity index (χ4n) is 8.94. The lowest BCUT2D eigenvalue weighted by molar-refractivity contribution is -0.408. The first kappa shape index (κ1) is 23.2. The van der Waals surface area contributed by atoms with Gasteiger partial charge in [-0.3, -0.25) is 0 Å². The molecule has 2 heterocycles. The molecule has 5 aliphatic rings. The number of rotatable bonds is 2. The van der Waals surface area contributed by atoms with Crippen LogP contribution in [-0.4, -0.2) is 0 Å². The summed E-state index contributed by atoms with van der Waals surface area (Å²) in [5.74, 6) is 0. The molecule has 2 aliphatic heterocycles. The van der Waals surface area contributed by atoms with Crippen molar-refractivity contribution in [3.8, 4) is 44.5 Å². The van der Waals surface area contributed by atoms with Gasteiger partial charge in [0.1, 0.15) is 0 Å². The van der Waals surface area contributed by atoms with E-state index in [1.807, 2.05) is 0 Å². The summed E-state index contributed by atoms with van der Waals surface area (Å²) >= 11 is 0. The monoisotopic (exact) mass is 560 g/mol. The van der Waals surface area contributed by atoms with Crippen LogP contribution in [-0.2, 0) is 21.0 Å². The molecule has 7 aromatic rings. The molecule has 2 nitrogen and oxygen atoms in total. The maximum atomic E-state index is 7.02. The van der Waals surface area contributed by atoms with E-state index in [1.54, 1.807) is 0 Å². The summed E-state index contributed by atoms with van der Waals surface area (Å²) in [5.41, 5.74) is 14.9. The third kappa shape index (κ3) is 2.40. The van der Waals surface area contributed by atoms with Crippen molar-refractivity contribution in [3.63, 3.8) is 0 Å². The zero-order valence-electron chi connectivity index (χ0n) is 23.7. The van der Waals surface area contributed by atoms with Crippen molar-refractivity contribution < 1.29 is 9.78 Å². The van der Waals surface area contributed by atoms with Gasteiger partial charge in [0.25, 0.3) is 0 Å². The van der Waals surface area contributed by atoms with Gasteiger partial charge >= 0.3 is 0 Å². The molecule has 1 spiro atoms. The van der Waals surface area contributed by atoms with Gasteiger partial charge in [-0.25, -0.2) is 9.78 Å². The summed E-state index contributed by atoms with van der Waals surface area (Å²) in [5, 5.41) is 2.54. The van der Waals surface area contributed by atoms with Gasteiger partial charge in [-0.1, -0.05) is 146 Å². The first-order valence-electron chi connectivity index (χ1n) is 15.3. The van der Waals surface area contributed by atoms with E-state index in [2.05, 4.69) is 146 Å². The summed E-state index contributed by atoms with van der Waals surface area (Å²) in [6.07, 6.45) is 0. The van der Waals surface area contributed by atoms with Crippen LogP contribution in [0.1, 0.15) is 33.4 Å². The van der Waals surface area contributed by atoms with Crippen LogP contribution < -0.4 is 0 Å². The average Bonchev–Trinajstić information content (AvgIpc) is 3.59. The van der Waals surface area contributed by atoms with Crippen LogP contribution in [0.25, 0.3) is 55.3 Å². The Bertz CT molecular complexity index is 2390. The van der Waals surface area contributed by atoms with Gasteiger partial charge in [0, 0.05) is 27.8 Å². The average molecular weight is 561 g/mol. The van der Waals surface area contributed by atoms with Gasteiger partial charge in [-0.2, -0.15) is 0 Å². The van der Waals surface area contributed by atoms with Crippen LogP contribution in [0.2, 0.25) is 0 Å². The Hall–Kier alpha value is -5.28. The van der Waals surface area contributed by atoms with Gasteiger partial charge < -0.3 is 0 Å². The second-order valence-corrected chi connectivity index (χ2v) is 12.3. The molecular weight excluding hydrogens is 536 g/mol. The third-order valence-electron chi connectivity index (χ3n) is 10.5. The maximum absolute atomic E-state index is 7.02. The molecule has 2 unspecified atom stereocenters. The third-order valence-corrected chi connectivity index (χ3v) is 10.5. The minimum absolute atomic E-state index is 0.919. The number of benzene rings is 7. The molecule has 204 valence electrons. The standard InChI is InChI=1S/C42H24O2/c1-3-13-25(14-4-1)35-32-22-11-20-29-27-17-7-8-19-30(27)37(36(29)32)40-39(35)42-33-23-10-9-18-28(33)31-21-12-24-34(38(31)42)41(40,43-44-42)26-15-5-2-6-16-26/h1-24H. The normalized spacial score (nSPS) is 20.7. The highest BCUT2D eigenvalue weighted by Crippen LogP contribution is 2.71. The Morgan fingerprint density at radius 1 is 0.364 bits per heavy atom. The van der Waals surface area contributed by atoms with E-state index in [9.17, 15) is 0 Å². The van der Waals surface area contributed by atoms with Crippen LogP contribution in [0.15, 0.2) is 146 Å². The van der Waals surface area contributed by atoms with E-state index >= 15 is 0 Å². The molecule has 2 atom stereocenters. The Morgan fingerprint density at radius 2 is 0.955 bits per heavy atom. The summed E-state index contributed by atoms with van der Waals surface area (Å²) in [7, 11) is 0. The predicted octanol–water partition coefficient (Wildman–Crippen LogP) is 9.99. The number of fused-ring (bicyclic) bond motifs is 6. The van der Waals surface area contributed by atoms with E-state index in [1.165, 1.54) is 72.0 Å². The molecule has 0 saturated heterocycles. The van der Waals surface area contributed by atoms with Crippen LogP contribution in [0.3, 0.4) is 0 Å². The first-order valence-corrected chi connectivity index (χ1v) is 15.3. The first-order chi connectivity index (χ1) is 21.8. The van der Waals surface area contributed by atoms with Crippen molar-refractivity contribution in [2.45, 2.75) is 11.2 Å². The van der Waals surface area contributed by atoms with Gasteiger partial charge in [-0.15, -0.1) is 0 Å². The molecule has 0 aromatic heterocycles. The van der Waals surface area contributed by atoms with Crippen molar-refractivity contribution in [3.05, 3.63) is 179 Å². The molecule has 3 aliphatic carbocycles. The van der Waals surface area contributed by atoms with Crippen LogP contribution in [0.4, 0.5) is 0 Å². The minimum Gasteiger partial charge on any atom is -0.214 e. The van der Waals surface area contributed by atoms with Crippen molar-refractivity contribution in [2.24, 2.45) is 0 Å². The molecule has 0 N–H and O–H groups in total. The van der Waals surface area contributed by atoms with E-state index in [4.69, 9.17) is 9.78 Å². The van der Waals surface area contributed by atoms with Crippen molar-refractivity contribution in [1.29, 1.82) is 0 Å². The minimum atomic E-state index is -0.969. The maximum Gasteiger partial charge on any atom is 0.181 e. The van der Waals surface area contributed by atoms with Gasteiger partial charge in [0.15, 0.2) is 11.2 Å². The molecule has 0 saturated carbocycles. The Kier molecular flexibility index (Phi) is 4.12. The van der Waals surface area contributed by atoms with Gasteiger partial charge in [0.2, 0.25) is 0 Å². The molecule has 2 heteroatoms. The van der Waals surface area contributed by atoms with Crippen molar-refractivity contribution in [2.75, 3.05) is 0 Å². The lowest BCUT2D eigenvalue weighted by Gasteiger charge is -2.54. The fourth-order valence-corrected chi connectivity index (χ4v) is 8.94. The molecule has 12 rings (SSSR count). The van der Waals surface area contributed by atoms with E-state index < -0.39 is 11.2 Å². The highest BCUT2D eigenvalue weighted by molar-refractivity contribution is 6.21. The van der Waals surface area contributed by atoms with E-state index in [0.29, 0.717) is 0 Å². The molecule has 44 heavy (non-hydrogen) atoms. The Labute approximate surface area is 254 Å². The van der Waals surface area contributed by atoms with Crippen molar-refractivity contribution in [1.82, 2.24) is 0 Å². The second-order valence-electron chi connectivity index (χ2n) is 12.3. The summed E-state index contributed by atoms with van der Waals surface area (Å²) in [4.78, 5) is 14.0. The fraction of sp³-hybridized carbons (Fsp3) is 0.0476. The lowest BCUT2D eigenvalue weighted by Crippen LogP contribution is -2.53. The van der Waals surface area contributed by atoms with Crippen molar-refractivity contribution >= 4 is 10.8 Å². The molecule has 0 fully saturated rings. The molecular formula is C42H24O2. The van der Waals surface area contributed by atoms with E-state index in [0.717, 1.165) is 16.7 Å². The number of hydrogen-bond acceptors (Lipinski definition) is 2. The summed E-state index contributed by atoms with van der Waals surface area (Å²) in [6, 6.07) is 52.7. The van der Waals surface area contributed by atoms with Crippen LogP contribution >= 0.6 is 0 Å². The second kappa shape index (κ2) is 7.81. The van der Waals surface area contributed by atoms with Gasteiger partial charge in [-0.05, 0) is 60.8 Å². The van der Waals surface area contributed by atoms with E-state index in [-0.39, 0.29) is 0 Å². The highest BCUT2D eigenvalue weighted by atomic mass is 17.2. The Morgan fingerprint density at radius 3 is 1.80 bits per heavy atom. The zero-order valence-corrected chi connectivity index (χ0v) is 23.7. The zero-order chi connectivity index (χ0) is 28.6. The smallest absolute Gasteiger partial charge is 0.181 e. The van der Waals surface area contributed by atoms with Gasteiger partial charge in [0.05, 0.1) is 0 Å². The quantitative estimate of drug-likeness (QED) is 0.196. The summed E-state index contributed by atoms with van der Waals surface area (Å²) in [6.45, 7) is 0. The highest BCUT2D eigenvalue weighted by Gasteiger charge is 2.66. The predicted molar refractivity (Wildman–Crippen MR) is 174 cm³/mol. The number of hydrogen-bond donors (Lipinski definition) is 0. The summed E-state index contributed by atoms with van der Waals surface area (Å²) < 4.78 is 0. The topological polar surface area (TPSA) is 18.5 Å². The lowest BCUT2D eigenvalue weighted by atomic mass is 9.60. The molecule has 2 bridgehead atoms. The Balaban J connectivity index is 1.47. The van der Waals surface area contributed by atoms with Crippen LogP contribution in [0.5, 0.6) is 0 Å².